The van der Waals surface area contributed by atoms with Crippen molar-refractivity contribution in [3.63, 3.8) is 0 Å². The minimum absolute atomic E-state index is 0.237. The maximum Gasteiger partial charge on any atom is 0.125 e. The van der Waals surface area contributed by atoms with Crippen LogP contribution in [-0.2, 0) is 6.42 Å². The van der Waals surface area contributed by atoms with Crippen LogP contribution in [0.15, 0.2) is 60.7 Å². The lowest BCUT2D eigenvalue weighted by atomic mass is 9.91. The Hall–Kier alpha value is -2.68. The molecule has 1 atom stereocenters. The Labute approximate surface area is 140 Å². The van der Waals surface area contributed by atoms with Gasteiger partial charge in [-0.1, -0.05) is 49.4 Å². The summed E-state index contributed by atoms with van der Waals surface area (Å²) < 4.78 is 13.3. The van der Waals surface area contributed by atoms with Gasteiger partial charge in [-0.2, -0.15) is 0 Å². The predicted octanol–water partition coefficient (Wildman–Crippen LogP) is 5.59. The van der Waals surface area contributed by atoms with Crippen molar-refractivity contribution in [1.82, 2.24) is 9.97 Å². The zero-order valence-electron chi connectivity index (χ0n) is 13.6. The first-order chi connectivity index (χ1) is 11.7. The molecule has 0 radical (unpaired) electrons. The number of halogens is 1. The number of nitrogens with zero attached hydrogens (tertiary/aromatic N) is 1. The Morgan fingerprint density at radius 2 is 1.83 bits per heavy atom. The van der Waals surface area contributed by atoms with E-state index in [9.17, 15) is 4.39 Å². The van der Waals surface area contributed by atoms with Crippen LogP contribution in [0.4, 0.5) is 4.39 Å². The number of hydrogen-bond donors (Lipinski definition) is 1. The van der Waals surface area contributed by atoms with E-state index in [1.54, 1.807) is 6.07 Å². The quantitative estimate of drug-likeness (QED) is 0.522. The number of nitrogens with one attached hydrogen (secondary N) is 1. The number of aromatic nitrogens is 2. The van der Waals surface area contributed by atoms with Gasteiger partial charge in [-0.15, -0.1) is 0 Å². The van der Waals surface area contributed by atoms with Gasteiger partial charge in [0.1, 0.15) is 11.6 Å². The van der Waals surface area contributed by atoms with Gasteiger partial charge in [0.25, 0.3) is 0 Å². The fraction of sp³-hybridized carbons (Fsp3) is 0.190. The highest BCUT2D eigenvalue weighted by atomic mass is 19.1. The van der Waals surface area contributed by atoms with Crippen LogP contribution in [0.5, 0.6) is 0 Å². The molecule has 0 spiro atoms. The first-order valence-electron chi connectivity index (χ1n) is 8.36. The topological polar surface area (TPSA) is 28.7 Å². The molecule has 0 aliphatic rings. The SMILES string of the molecule is CCC(Cc1nc2ccc(F)cc2[nH]1)c1ccc2ccccc2c1. The summed E-state index contributed by atoms with van der Waals surface area (Å²) in [4.78, 5) is 7.86. The largest absolute Gasteiger partial charge is 0.342 e. The summed E-state index contributed by atoms with van der Waals surface area (Å²) in [7, 11) is 0. The molecular formula is C21H19FN2. The second-order valence-corrected chi connectivity index (χ2v) is 6.26. The van der Waals surface area contributed by atoms with Crippen LogP contribution in [0.3, 0.4) is 0 Å². The predicted molar refractivity (Wildman–Crippen MR) is 96.7 cm³/mol. The van der Waals surface area contributed by atoms with Crippen LogP contribution in [0.25, 0.3) is 21.8 Å². The molecule has 0 amide bonds. The first-order valence-corrected chi connectivity index (χ1v) is 8.36. The molecule has 0 bridgehead atoms. The second kappa shape index (κ2) is 6.08. The number of benzene rings is 3. The van der Waals surface area contributed by atoms with Crippen molar-refractivity contribution in [3.05, 3.63) is 77.9 Å². The smallest absolute Gasteiger partial charge is 0.125 e. The maximum atomic E-state index is 13.3. The molecular weight excluding hydrogens is 299 g/mol. The molecule has 1 N–H and O–H groups in total. The molecule has 1 aromatic heterocycles. The fourth-order valence-electron chi connectivity index (χ4n) is 3.32. The summed E-state index contributed by atoms with van der Waals surface area (Å²) in [6.07, 6.45) is 1.86. The zero-order chi connectivity index (χ0) is 16.5. The van der Waals surface area contributed by atoms with E-state index in [2.05, 4.69) is 59.4 Å². The molecule has 3 heteroatoms. The molecule has 2 nitrogen and oxygen atoms in total. The highest BCUT2D eigenvalue weighted by Crippen LogP contribution is 2.27. The third-order valence-electron chi connectivity index (χ3n) is 4.67. The highest BCUT2D eigenvalue weighted by molar-refractivity contribution is 5.83. The Morgan fingerprint density at radius 1 is 1.00 bits per heavy atom. The lowest BCUT2D eigenvalue weighted by Gasteiger charge is -2.15. The number of imidazole rings is 1. The van der Waals surface area contributed by atoms with Gasteiger partial charge in [0.15, 0.2) is 0 Å². The Balaban J connectivity index is 1.66. The van der Waals surface area contributed by atoms with Crippen molar-refractivity contribution < 1.29 is 4.39 Å². The van der Waals surface area contributed by atoms with Crippen LogP contribution in [-0.4, -0.2) is 9.97 Å². The fourth-order valence-corrected chi connectivity index (χ4v) is 3.32. The van der Waals surface area contributed by atoms with Crippen molar-refractivity contribution in [3.8, 4) is 0 Å². The molecule has 120 valence electrons. The molecule has 4 rings (SSSR count). The van der Waals surface area contributed by atoms with Crippen LogP contribution in [0.1, 0.15) is 30.7 Å². The summed E-state index contributed by atoms with van der Waals surface area (Å²) in [6, 6.07) is 19.8. The van der Waals surface area contributed by atoms with Crippen molar-refractivity contribution >= 4 is 21.8 Å². The summed E-state index contributed by atoms with van der Waals surface area (Å²) in [5.41, 5.74) is 2.90. The lowest BCUT2D eigenvalue weighted by molar-refractivity contribution is 0.629. The van der Waals surface area contributed by atoms with Crippen molar-refractivity contribution in [2.75, 3.05) is 0 Å². The number of aromatic amines is 1. The van der Waals surface area contributed by atoms with Gasteiger partial charge in [0, 0.05) is 6.42 Å². The second-order valence-electron chi connectivity index (χ2n) is 6.26. The molecule has 0 fully saturated rings. The number of fused-ring (bicyclic) bond motifs is 2. The molecule has 24 heavy (non-hydrogen) atoms. The molecule has 1 unspecified atom stereocenters. The van der Waals surface area contributed by atoms with Gasteiger partial charge in [0.2, 0.25) is 0 Å². The normalized spacial score (nSPS) is 12.8. The molecule has 0 aliphatic carbocycles. The molecule has 4 aromatic rings. The average molecular weight is 318 g/mol. The molecule has 0 saturated carbocycles. The van der Waals surface area contributed by atoms with E-state index < -0.39 is 0 Å². The highest BCUT2D eigenvalue weighted by Gasteiger charge is 2.14. The van der Waals surface area contributed by atoms with Gasteiger partial charge >= 0.3 is 0 Å². The standard InChI is InChI=1S/C21H19FN2/c1-2-14(17-8-7-15-5-3-4-6-16(15)11-17)12-21-23-19-10-9-18(22)13-20(19)24-21/h3-11,13-14H,2,12H2,1H3,(H,23,24). The number of rotatable bonds is 4. The molecule has 0 saturated heterocycles. The van der Waals surface area contributed by atoms with Gasteiger partial charge in [-0.3, -0.25) is 0 Å². The van der Waals surface area contributed by atoms with E-state index in [4.69, 9.17) is 0 Å². The van der Waals surface area contributed by atoms with E-state index in [1.807, 2.05) is 0 Å². The van der Waals surface area contributed by atoms with Crippen molar-refractivity contribution in [2.24, 2.45) is 0 Å². The summed E-state index contributed by atoms with van der Waals surface area (Å²) in [5.74, 6) is 1.06. The third-order valence-corrected chi connectivity index (χ3v) is 4.67. The molecule has 0 aliphatic heterocycles. The molecule has 1 heterocycles. The van der Waals surface area contributed by atoms with Gasteiger partial charge < -0.3 is 4.98 Å². The van der Waals surface area contributed by atoms with E-state index in [0.29, 0.717) is 5.92 Å². The monoisotopic (exact) mass is 318 g/mol. The third kappa shape index (κ3) is 2.78. The van der Waals surface area contributed by atoms with Crippen LogP contribution in [0.2, 0.25) is 0 Å². The van der Waals surface area contributed by atoms with E-state index in [0.717, 1.165) is 29.7 Å². The maximum absolute atomic E-state index is 13.3. The lowest BCUT2D eigenvalue weighted by Crippen LogP contribution is -2.03. The van der Waals surface area contributed by atoms with Crippen LogP contribution in [0, 0.1) is 5.82 Å². The summed E-state index contributed by atoms with van der Waals surface area (Å²) in [5, 5.41) is 2.52. The summed E-state index contributed by atoms with van der Waals surface area (Å²) >= 11 is 0. The van der Waals surface area contributed by atoms with Gasteiger partial charge in [-0.25, -0.2) is 9.37 Å². The van der Waals surface area contributed by atoms with E-state index in [1.165, 1.54) is 28.5 Å². The average Bonchev–Trinajstić information content (AvgIpc) is 3.00. The van der Waals surface area contributed by atoms with Gasteiger partial charge in [-0.05, 0) is 46.9 Å². The summed E-state index contributed by atoms with van der Waals surface area (Å²) in [6.45, 7) is 2.20. The van der Waals surface area contributed by atoms with Crippen LogP contribution >= 0.6 is 0 Å². The number of hydrogen-bond acceptors (Lipinski definition) is 1. The minimum Gasteiger partial charge on any atom is -0.342 e. The van der Waals surface area contributed by atoms with E-state index in [-0.39, 0.29) is 5.82 Å². The van der Waals surface area contributed by atoms with Crippen molar-refractivity contribution in [1.29, 1.82) is 0 Å². The van der Waals surface area contributed by atoms with Gasteiger partial charge in [0.05, 0.1) is 11.0 Å². The van der Waals surface area contributed by atoms with E-state index >= 15 is 0 Å². The van der Waals surface area contributed by atoms with Crippen molar-refractivity contribution in [2.45, 2.75) is 25.7 Å². The Kier molecular flexibility index (Phi) is 3.77. The number of H-pyrrole nitrogens is 1. The zero-order valence-corrected chi connectivity index (χ0v) is 13.6. The molecule has 3 aromatic carbocycles. The first kappa shape index (κ1) is 14.9. The minimum atomic E-state index is -0.237. The Bertz CT molecular complexity index is 1000. The van der Waals surface area contributed by atoms with Crippen LogP contribution < -0.4 is 0 Å². The Morgan fingerprint density at radius 3 is 2.67 bits per heavy atom.